The van der Waals surface area contributed by atoms with E-state index in [9.17, 15) is 9.59 Å². The van der Waals surface area contributed by atoms with Crippen LogP contribution in [0.2, 0.25) is 5.02 Å². The quantitative estimate of drug-likeness (QED) is 0.703. The molecule has 0 saturated carbocycles. The third-order valence-electron chi connectivity index (χ3n) is 4.57. The van der Waals surface area contributed by atoms with Gasteiger partial charge < -0.3 is 15.5 Å². The van der Waals surface area contributed by atoms with Crippen LogP contribution in [0.25, 0.3) is 0 Å². The third-order valence-corrected chi connectivity index (χ3v) is 4.81. The van der Waals surface area contributed by atoms with Crippen molar-refractivity contribution in [3.8, 4) is 0 Å². The molecule has 2 aromatic rings. The van der Waals surface area contributed by atoms with Gasteiger partial charge in [0.25, 0.3) is 0 Å². The number of urea groups is 1. The summed E-state index contributed by atoms with van der Waals surface area (Å²) in [6.07, 6.45) is 0.233. The number of halogens is 1. The van der Waals surface area contributed by atoms with Crippen LogP contribution in [0.3, 0.4) is 0 Å². The maximum Gasteiger partial charge on any atom is 0.317 e. The summed E-state index contributed by atoms with van der Waals surface area (Å²) < 4.78 is 0. The molecule has 28 heavy (non-hydrogen) atoms. The molecule has 0 aliphatic rings. The van der Waals surface area contributed by atoms with E-state index in [2.05, 4.69) is 24.5 Å². The first-order valence-corrected chi connectivity index (χ1v) is 9.71. The molecule has 0 fully saturated rings. The van der Waals surface area contributed by atoms with Gasteiger partial charge in [0.05, 0.1) is 0 Å². The Morgan fingerprint density at radius 2 is 1.75 bits per heavy atom. The number of hydrogen-bond acceptors (Lipinski definition) is 2. The van der Waals surface area contributed by atoms with E-state index in [1.54, 1.807) is 11.9 Å². The largest absolute Gasteiger partial charge is 0.355 e. The fourth-order valence-corrected chi connectivity index (χ4v) is 2.96. The number of nitrogens with one attached hydrogen (secondary N) is 2. The SMILES string of the molecule is CN(Cc1ccccc1)C(=O)NCCC(=O)NCC(C)(C)c1cccc(Cl)c1. The molecule has 0 radical (unpaired) electrons. The molecule has 0 aromatic heterocycles. The number of carbonyl (C=O) groups is 2. The van der Waals surface area contributed by atoms with E-state index in [4.69, 9.17) is 11.6 Å². The van der Waals surface area contributed by atoms with Gasteiger partial charge in [-0.05, 0) is 23.3 Å². The number of amides is 3. The van der Waals surface area contributed by atoms with Crippen molar-refractivity contribution < 1.29 is 9.59 Å². The van der Waals surface area contributed by atoms with Crippen molar-refractivity contribution in [2.24, 2.45) is 0 Å². The minimum absolute atomic E-state index is 0.0962. The Morgan fingerprint density at radius 1 is 1.04 bits per heavy atom. The highest BCUT2D eigenvalue weighted by molar-refractivity contribution is 6.30. The van der Waals surface area contributed by atoms with Crippen LogP contribution in [0, 0.1) is 0 Å². The maximum absolute atomic E-state index is 12.1. The normalized spacial score (nSPS) is 11.0. The molecule has 0 unspecified atom stereocenters. The van der Waals surface area contributed by atoms with Crippen molar-refractivity contribution in [1.29, 1.82) is 0 Å². The van der Waals surface area contributed by atoms with Crippen LogP contribution in [-0.4, -0.2) is 37.0 Å². The van der Waals surface area contributed by atoms with E-state index in [1.807, 2.05) is 54.6 Å². The zero-order valence-corrected chi connectivity index (χ0v) is 17.4. The molecule has 0 aliphatic carbocycles. The van der Waals surface area contributed by atoms with Gasteiger partial charge >= 0.3 is 6.03 Å². The summed E-state index contributed by atoms with van der Waals surface area (Å²) in [5, 5.41) is 6.40. The van der Waals surface area contributed by atoms with Crippen molar-refractivity contribution in [1.82, 2.24) is 15.5 Å². The highest BCUT2D eigenvalue weighted by atomic mass is 35.5. The Kier molecular flexibility index (Phi) is 7.88. The molecule has 5 nitrogen and oxygen atoms in total. The van der Waals surface area contributed by atoms with E-state index in [0.717, 1.165) is 11.1 Å². The lowest BCUT2D eigenvalue weighted by Gasteiger charge is -2.26. The van der Waals surface area contributed by atoms with E-state index < -0.39 is 0 Å². The van der Waals surface area contributed by atoms with Crippen molar-refractivity contribution >= 4 is 23.5 Å². The first-order chi connectivity index (χ1) is 13.3. The molecule has 6 heteroatoms. The van der Waals surface area contributed by atoms with Gasteiger partial charge in [-0.15, -0.1) is 0 Å². The van der Waals surface area contributed by atoms with Crippen LogP contribution in [0.1, 0.15) is 31.4 Å². The Bertz CT molecular complexity index is 793. The van der Waals surface area contributed by atoms with E-state index >= 15 is 0 Å². The van der Waals surface area contributed by atoms with Crippen molar-refractivity contribution in [3.63, 3.8) is 0 Å². The molecular weight excluding hydrogens is 374 g/mol. The second kappa shape index (κ2) is 10.1. The lowest BCUT2D eigenvalue weighted by atomic mass is 9.84. The van der Waals surface area contributed by atoms with Gasteiger partial charge in [0.2, 0.25) is 5.91 Å². The van der Waals surface area contributed by atoms with E-state index in [-0.39, 0.29) is 23.8 Å². The lowest BCUT2D eigenvalue weighted by Crippen LogP contribution is -2.40. The highest BCUT2D eigenvalue weighted by Gasteiger charge is 2.21. The van der Waals surface area contributed by atoms with Crippen LogP contribution >= 0.6 is 11.6 Å². The van der Waals surface area contributed by atoms with Gasteiger partial charge in [0, 0.05) is 43.5 Å². The third kappa shape index (κ3) is 6.89. The van der Waals surface area contributed by atoms with Gasteiger partial charge in [0.1, 0.15) is 0 Å². The smallest absolute Gasteiger partial charge is 0.317 e. The summed E-state index contributed by atoms with van der Waals surface area (Å²) in [5.74, 6) is -0.0962. The summed E-state index contributed by atoms with van der Waals surface area (Å²) in [7, 11) is 1.73. The van der Waals surface area contributed by atoms with Crippen molar-refractivity contribution in [3.05, 3.63) is 70.7 Å². The Hall–Kier alpha value is -2.53. The molecule has 0 aliphatic heterocycles. The summed E-state index contributed by atoms with van der Waals surface area (Å²) in [5.41, 5.74) is 1.89. The molecule has 0 heterocycles. The van der Waals surface area contributed by atoms with Crippen LogP contribution < -0.4 is 10.6 Å². The molecule has 2 aromatic carbocycles. The average Bonchev–Trinajstić information content (AvgIpc) is 2.67. The topological polar surface area (TPSA) is 61.4 Å². The molecular formula is C22H28ClN3O2. The number of rotatable bonds is 8. The zero-order chi connectivity index (χ0) is 20.6. The van der Waals surface area contributed by atoms with Crippen molar-refractivity contribution in [2.45, 2.75) is 32.2 Å². The van der Waals surface area contributed by atoms with Gasteiger partial charge in [-0.1, -0.05) is 67.9 Å². The van der Waals surface area contributed by atoms with E-state index in [0.29, 0.717) is 24.7 Å². The second-order valence-corrected chi connectivity index (χ2v) is 7.93. The second-order valence-electron chi connectivity index (χ2n) is 7.49. The van der Waals surface area contributed by atoms with Crippen LogP contribution in [-0.2, 0) is 16.8 Å². The number of nitrogens with zero attached hydrogens (tertiary/aromatic N) is 1. The minimum Gasteiger partial charge on any atom is -0.355 e. The summed E-state index contributed by atoms with van der Waals surface area (Å²) in [4.78, 5) is 25.9. The maximum atomic E-state index is 12.1. The van der Waals surface area contributed by atoms with Gasteiger partial charge in [-0.25, -0.2) is 4.79 Å². The Labute approximate surface area is 172 Å². The summed E-state index contributed by atoms with van der Waals surface area (Å²) >= 11 is 6.06. The highest BCUT2D eigenvalue weighted by Crippen LogP contribution is 2.24. The Morgan fingerprint density at radius 3 is 2.43 bits per heavy atom. The summed E-state index contributed by atoms with van der Waals surface area (Å²) in [6, 6.07) is 17.2. The van der Waals surface area contributed by atoms with Crippen LogP contribution in [0.15, 0.2) is 54.6 Å². The molecule has 0 saturated heterocycles. The number of hydrogen-bond donors (Lipinski definition) is 2. The molecule has 2 N–H and O–H groups in total. The molecule has 150 valence electrons. The van der Waals surface area contributed by atoms with Gasteiger partial charge in [0.15, 0.2) is 0 Å². The molecule has 2 rings (SSSR count). The zero-order valence-electron chi connectivity index (χ0n) is 16.7. The first kappa shape index (κ1) is 21.8. The molecule has 0 bridgehead atoms. The minimum atomic E-state index is -0.236. The predicted molar refractivity (Wildman–Crippen MR) is 113 cm³/mol. The average molecular weight is 402 g/mol. The van der Waals surface area contributed by atoms with E-state index in [1.165, 1.54) is 0 Å². The van der Waals surface area contributed by atoms with Crippen molar-refractivity contribution in [2.75, 3.05) is 20.1 Å². The first-order valence-electron chi connectivity index (χ1n) is 9.33. The number of benzene rings is 2. The number of carbonyl (C=O) groups excluding carboxylic acids is 2. The Balaban J connectivity index is 1.71. The lowest BCUT2D eigenvalue weighted by molar-refractivity contribution is -0.121. The fraction of sp³-hybridized carbons (Fsp3) is 0.364. The van der Waals surface area contributed by atoms with Crippen LogP contribution in [0.4, 0.5) is 4.79 Å². The standard InChI is InChI=1S/C22H28ClN3O2/c1-22(2,18-10-7-11-19(23)14-18)16-25-20(27)12-13-24-21(28)26(3)15-17-8-5-4-6-9-17/h4-11,14H,12-13,15-16H2,1-3H3,(H,24,28)(H,25,27). The monoisotopic (exact) mass is 401 g/mol. The fourth-order valence-electron chi connectivity index (χ4n) is 2.77. The van der Waals surface area contributed by atoms with Gasteiger partial charge in [-0.2, -0.15) is 0 Å². The molecule has 0 atom stereocenters. The summed E-state index contributed by atoms with van der Waals surface area (Å²) in [6.45, 7) is 5.42. The molecule has 0 spiro atoms. The predicted octanol–water partition coefficient (Wildman–Crippen LogP) is 3.97. The van der Waals surface area contributed by atoms with Gasteiger partial charge in [-0.3, -0.25) is 4.79 Å². The van der Waals surface area contributed by atoms with Crippen LogP contribution in [0.5, 0.6) is 0 Å². The molecule has 3 amide bonds.